The van der Waals surface area contributed by atoms with E-state index in [1.165, 1.54) is 55.3 Å². The molecule has 8 aromatic carbocycles. The molecule has 0 saturated carbocycles. The van der Waals surface area contributed by atoms with Crippen LogP contribution in [0.3, 0.4) is 0 Å². The maximum atomic E-state index is 5.45. The van der Waals surface area contributed by atoms with Crippen molar-refractivity contribution in [3.8, 4) is 89.3 Å². The molecule has 1 aromatic heterocycles. The minimum atomic E-state index is 0.947. The number of hydrogen-bond donors (Lipinski definition) is 0. The fourth-order valence-electron chi connectivity index (χ4n) is 8.02. The number of hydrogen-bond acceptors (Lipinski definition) is 1. The first kappa shape index (κ1) is 30.0. The van der Waals surface area contributed by atoms with Crippen LogP contribution in [0.15, 0.2) is 200 Å². The third-order valence-electron chi connectivity index (χ3n) is 10.4. The van der Waals surface area contributed by atoms with Gasteiger partial charge in [0.05, 0.1) is 11.4 Å². The number of aromatic nitrogens is 1. The van der Waals surface area contributed by atoms with Crippen LogP contribution in [-0.2, 0) is 0 Å². The van der Waals surface area contributed by atoms with E-state index >= 15 is 0 Å². The highest BCUT2D eigenvalue weighted by Gasteiger charge is 2.23. The molecular weight excluding hydrogens is 627 g/mol. The number of benzene rings is 8. The molecule has 0 amide bonds. The summed E-state index contributed by atoms with van der Waals surface area (Å²) in [6.45, 7) is 0. The Bertz CT molecular complexity index is 2670. The molecule has 9 aromatic rings. The van der Waals surface area contributed by atoms with E-state index in [9.17, 15) is 0 Å². The highest BCUT2D eigenvalue weighted by Crippen LogP contribution is 2.49. The highest BCUT2D eigenvalue weighted by atomic mass is 14.7. The van der Waals surface area contributed by atoms with E-state index in [4.69, 9.17) is 4.98 Å². The SMILES string of the molecule is c1ccc(-c2cc(-c3cccc(-c4cccc(-c5ccc6c7c(cccc57)-c5ccccc5-6)c4)c3)nc(-c3ccccc3)c2-c2ccccc2)cc1. The Morgan fingerprint density at radius 3 is 1.44 bits per heavy atom. The van der Waals surface area contributed by atoms with Crippen LogP contribution >= 0.6 is 0 Å². The maximum absolute atomic E-state index is 5.45. The minimum absolute atomic E-state index is 0.947. The Balaban J connectivity index is 1.11. The third kappa shape index (κ3) is 5.06. The molecule has 0 atom stereocenters. The lowest BCUT2D eigenvalue weighted by molar-refractivity contribution is 1.32. The minimum Gasteiger partial charge on any atom is -0.247 e. The smallest absolute Gasteiger partial charge is 0.0794 e. The van der Waals surface area contributed by atoms with E-state index in [0.29, 0.717) is 0 Å². The van der Waals surface area contributed by atoms with Crippen LogP contribution in [0.2, 0.25) is 0 Å². The Kier molecular flexibility index (Phi) is 7.22. The molecule has 1 nitrogen and oxygen atoms in total. The van der Waals surface area contributed by atoms with E-state index in [2.05, 4.69) is 200 Å². The fourth-order valence-corrected chi connectivity index (χ4v) is 8.02. The molecule has 0 spiro atoms. The quantitative estimate of drug-likeness (QED) is 0.173. The van der Waals surface area contributed by atoms with Crippen molar-refractivity contribution in [2.24, 2.45) is 0 Å². The van der Waals surface area contributed by atoms with Crippen molar-refractivity contribution in [2.75, 3.05) is 0 Å². The van der Waals surface area contributed by atoms with E-state index in [0.717, 1.165) is 44.8 Å². The lowest BCUT2D eigenvalue weighted by Gasteiger charge is -2.18. The van der Waals surface area contributed by atoms with Gasteiger partial charge in [-0.3, -0.25) is 0 Å². The zero-order valence-corrected chi connectivity index (χ0v) is 28.5. The van der Waals surface area contributed by atoms with Gasteiger partial charge in [-0.1, -0.05) is 182 Å². The largest absolute Gasteiger partial charge is 0.247 e. The van der Waals surface area contributed by atoms with Crippen molar-refractivity contribution in [1.82, 2.24) is 4.98 Å². The summed E-state index contributed by atoms with van der Waals surface area (Å²) in [5.41, 5.74) is 18.8. The average Bonchev–Trinajstić information content (AvgIpc) is 3.56. The predicted octanol–water partition coefficient (Wildman–Crippen LogP) is 13.9. The second-order valence-electron chi connectivity index (χ2n) is 13.5. The summed E-state index contributed by atoms with van der Waals surface area (Å²) in [4.78, 5) is 5.45. The first-order valence-electron chi connectivity index (χ1n) is 17.9. The molecule has 0 bridgehead atoms. The molecule has 0 saturated heterocycles. The van der Waals surface area contributed by atoms with Gasteiger partial charge in [-0.05, 0) is 90.2 Å². The molecule has 0 fully saturated rings. The van der Waals surface area contributed by atoms with E-state index in [1.54, 1.807) is 0 Å². The Morgan fingerprint density at radius 2 is 0.750 bits per heavy atom. The molecule has 1 heterocycles. The topological polar surface area (TPSA) is 12.9 Å². The van der Waals surface area contributed by atoms with Gasteiger partial charge in [-0.2, -0.15) is 0 Å². The van der Waals surface area contributed by atoms with Crippen molar-refractivity contribution in [3.05, 3.63) is 200 Å². The summed E-state index contributed by atoms with van der Waals surface area (Å²) in [5.74, 6) is 0. The van der Waals surface area contributed by atoms with Crippen LogP contribution in [0.4, 0.5) is 0 Å². The van der Waals surface area contributed by atoms with Gasteiger partial charge in [-0.15, -0.1) is 0 Å². The van der Waals surface area contributed by atoms with Crippen LogP contribution in [0, 0.1) is 0 Å². The first-order valence-corrected chi connectivity index (χ1v) is 17.9. The summed E-state index contributed by atoms with van der Waals surface area (Å²) in [6.07, 6.45) is 0. The molecule has 242 valence electrons. The standard InChI is InChI=1S/C51H33N/c1-4-15-34(16-5-1)47-33-48(52-51(36-19-8-3-9-20-36)49(47)35-17-6-2-7-18-35)40-24-13-22-38(32-40)37-21-12-23-39(31-37)41-29-30-46-43-26-11-10-25-42(43)45-28-14-27-44(41)50(45)46/h1-33H. The zero-order valence-electron chi connectivity index (χ0n) is 28.5. The van der Waals surface area contributed by atoms with Gasteiger partial charge >= 0.3 is 0 Å². The molecule has 52 heavy (non-hydrogen) atoms. The monoisotopic (exact) mass is 659 g/mol. The average molecular weight is 660 g/mol. The summed E-state index contributed by atoms with van der Waals surface area (Å²) >= 11 is 0. The van der Waals surface area contributed by atoms with Gasteiger partial charge < -0.3 is 0 Å². The Labute approximate surface area is 304 Å². The van der Waals surface area contributed by atoms with Gasteiger partial charge in [-0.25, -0.2) is 4.98 Å². The van der Waals surface area contributed by atoms with Crippen LogP contribution in [0.1, 0.15) is 0 Å². The van der Waals surface area contributed by atoms with Gasteiger partial charge in [0, 0.05) is 16.7 Å². The van der Waals surface area contributed by atoms with Crippen LogP contribution in [0.25, 0.3) is 100 Å². The number of fused-ring (bicyclic) bond motifs is 3. The number of pyridine rings is 1. The summed E-state index contributed by atoms with van der Waals surface area (Å²) in [6, 6.07) is 72.1. The molecule has 0 unspecified atom stereocenters. The van der Waals surface area contributed by atoms with E-state index in [-0.39, 0.29) is 0 Å². The molecule has 1 aliphatic carbocycles. The van der Waals surface area contributed by atoms with E-state index < -0.39 is 0 Å². The fraction of sp³-hybridized carbons (Fsp3) is 0. The lowest BCUT2D eigenvalue weighted by Crippen LogP contribution is -1.97. The van der Waals surface area contributed by atoms with Gasteiger partial charge in [0.25, 0.3) is 0 Å². The summed E-state index contributed by atoms with van der Waals surface area (Å²) in [7, 11) is 0. The molecule has 1 heteroatoms. The maximum Gasteiger partial charge on any atom is 0.0794 e. The molecule has 0 aliphatic heterocycles. The van der Waals surface area contributed by atoms with Crippen molar-refractivity contribution < 1.29 is 0 Å². The van der Waals surface area contributed by atoms with E-state index in [1.807, 2.05) is 0 Å². The summed E-state index contributed by atoms with van der Waals surface area (Å²) < 4.78 is 0. The second-order valence-corrected chi connectivity index (χ2v) is 13.5. The Hall–Kier alpha value is -6.83. The van der Waals surface area contributed by atoms with Crippen molar-refractivity contribution in [3.63, 3.8) is 0 Å². The van der Waals surface area contributed by atoms with Crippen molar-refractivity contribution in [2.45, 2.75) is 0 Å². The third-order valence-corrected chi connectivity index (χ3v) is 10.4. The molecular formula is C51H33N. The van der Waals surface area contributed by atoms with Crippen LogP contribution in [0.5, 0.6) is 0 Å². The van der Waals surface area contributed by atoms with Crippen LogP contribution in [-0.4, -0.2) is 4.98 Å². The highest BCUT2D eigenvalue weighted by molar-refractivity contribution is 6.18. The first-order chi connectivity index (χ1) is 25.8. The molecule has 1 aliphatic rings. The van der Waals surface area contributed by atoms with Gasteiger partial charge in [0.2, 0.25) is 0 Å². The zero-order chi connectivity index (χ0) is 34.4. The molecule has 10 rings (SSSR count). The normalized spacial score (nSPS) is 11.5. The second kappa shape index (κ2) is 12.5. The number of nitrogens with zero attached hydrogens (tertiary/aromatic N) is 1. The van der Waals surface area contributed by atoms with Gasteiger partial charge in [0.15, 0.2) is 0 Å². The molecule has 0 radical (unpaired) electrons. The van der Waals surface area contributed by atoms with Crippen LogP contribution < -0.4 is 0 Å². The molecule has 0 N–H and O–H groups in total. The van der Waals surface area contributed by atoms with Crippen molar-refractivity contribution >= 4 is 10.8 Å². The lowest BCUT2D eigenvalue weighted by atomic mass is 9.89. The number of rotatable bonds is 6. The Morgan fingerprint density at radius 1 is 0.269 bits per heavy atom. The van der Waals surface area contributed by atoms with Gasteiger partial charge in [0.1, 0.15) is 0 Å². The summed E-state index contributed by atoms with van der Waals surface area (Å²) in [5, 5.41) is 2.64. The predicted molar refractivity (Wildman–Crippen MR) is 219 cm³/mol. The van der Waals surface area contributed by atoms with Crippen molar-refractivity contribution in [1.29, 1.82) is 0 Å².